The highest BCUT2D eigenvalue weighted by molar-refractivity contribution is 9.10. The van der Waals surface area contributed by atoms with Crippen LogP contribution in [0, 0.1) is 0 Å². The number of pyridine rings is 1. The number of methoxy groups -OCH3 is 1. The lowest BCUT2D eigenvalue weighted by Gasteiger charge is -2.27. The molecule has 0 saturated heterocycles. The lowest BCUT2D eigenvalue weighted by atomic mass is 10.3. The van der Waals surface area contributed by atoms with E-state index in [1.165, 1.54) is 0 Å². The van der Waals surface area contributed by atoms with E-state index in [9.17, 15) is 4.21 Å². The first-order valence-electron chi connectivity index (χ1n) is 6.16. The summed E-state index contributed by atoms with van der Waals surface area (Å²) in [7, 11) is 0.563. The molecule has 0 aliphatic carbocycles. The Labute approximate surface area is 126 Å². The summed E-state index contributed by atoms with van der Waals surface area (Å²) < 4.78 is 19.9. The Morgan fingerprint density at radius 1 is 1.42 bits per heavy atom. The normalized spacial score (nSPS) is 13.6. The standard InChI is InChI=1S/C13H21BrN2O2S/c1-6-16(19(17)13(2,3)4)9-10-7-8-11(18-5)12(14)15-10/h7-8H,6,9H2,1-5H3. The van der Waals surface area contributed by atoms with E-state index in [2.05, 4.69) is 20.9 Å². The average molecular weight is 349 g/mol. The van der Waals surface area contributed by atoms with Crippen molar-refractivity contribution < 1.29 is 8.95 Å². The van der Waals surface area contributed by atoms with E-state index in [4.69, 9.17) is 4.74 Å². The van der Waals surface area contributed by atoms with E-state index in [-0.39, 0.29) is 4.75 Å². The highest BCUT2D eigenvalue weighted by atomic mass is 79.9. The van der Waals surface area contributed by atoms with Crippen molar-refractivity contribution in [2.75, 3.05) is 13.7 Å². The number of ether oxygens (including phenoxy) is 1. The van der Waals surface area contributed by atoms with Crippen molar-refractivity contribution in [3.8, 4) is 5.75 Å². The van der Waals surface area contributed by atoms with Crippen LogP contribution in [0.3, 0.4) is 0 Å². The van der Waals surface area contributed by atoms with Crippen LogP contribution in [0.4, 0.5) is 0 Å². The Morgan fingerprint density at radius 2 is 2.05 bits per heavy atom. The molecule has 0 bridgehead atoms. The highest BCUT2D eigenvalue weighted by Crippen LogP contribution is 2.23. The Balaban J connectivity index is 2.88. The Bertz CT molecular complexity index is 460. The molecule has 1 unspecified atom stereocenters. The molecule has 0 fully saturated rings. The molecule has 4 nitrogen and oxygen atoms in total. The molecule has 0 spiro atoms. The quantitative estimate of drug-likeness (QED) is 0.767. The number of aromatic nitrogens is 1. The van der Waals surface area contributed by atoms with Crippen molar-refractivity contribution in [1.82, 2.24) is 9.29 Å². The fraction of sp³-hybridized carbons (Fsp3) is 0.615. The van der Waals surface area contributed by atoms with Crippen molar-refractivity contribution in [3.05, 3.63) is 22.4 Å². The van der Waals surface area contributed by atoms with Gasteiger partial charge in [-0.15, -0.1) is 0 Å². The SMILES string of the molecule is CCN(Cc1ccc(OC)c(Br)n1)S(=O)C(C)(C)C. The maximum Gasteiger partial charge on any atom is 0.151 e. The molecule has 0 aliphatic rings. The summed E-state index contributed by atoms with van der Waals surface area (Å²) in [6.45, 7) is 9.20. The van der Waals surface area contributed by atoms with Gasteiger partial charge in [-0.25, -0.2) is 13.5 Å². The van der Waals surface area contributed by atoms with Crippen LogP contribution in [0.2, 0.25) is 0 Å². The zero-order chi connectivity index (χ0) is 14.6. The van der Waals surface area contributed by atoms with Crippen molar-refractivity contribution in [2.45, 2.75) is 39.0 Å². The molecule has 0 N–H and O–H groups in total. The van der Waals surface area contributed by atoms with Crippen molar-refractivity contribution in [2.24, 2.45) is 0 Å². The zero-order valence-electron chi connectivity index (χ0n) is 12.1. The van der Waals surface area contributed by atoms with Gasteiger partial charge in [-0.05, 0) is 48.8 Å². The molecule has 6 heteroatoms. The first-order valence-corrected chi connectivity index (χ1v) is 8.06. The van der Waals surface area contributed by atoms with Crippen LogP contribution in [0.1, 0.15) is 33.4 Å². The van der Waals surface area contributed by atoms with Gasteiger partial charge in [0.05, 0.1) is 24.1 Å². The summed E-state index contributed by atoms with van der Waals surface area (Å²) in [5.74, 6) is 0.698. The molecule has 0 aliphatic heterocycles. The smallest absolute Gasteiger partial charge is 0.151 e. The summed E-state index contributed by atoms with van der Waals surface area (Å²) in [6, 6.07) is 3.76. The molecule has 1 heterocycles. The molecule has 1 rings (SSSR count). The number of nitrogens with zero attached hydrogens (tertiary/aromatic N) is 2. The monoisotopic (exact) mass is 348 g/mol. The first kappa shape index (κ1) is 16.6. The van der Waals surface area contributed by atoms with Crippen LogP contribution in [0.15, 0.2) is 16.7 Å². The van der Waals surface area contributed by atoms with Gasteiger partial charge >= 0.3 is 0 Å². The minimum Gasteiger partial charge on any atom is -0.494 e. The minimum absolute atomic E-state index is 0.264. The molecular formula is C13H21BrN2O2S. The van der Waals surface area contributed by atoms with Crippen LogP contribution in [0.25, 0.3) is 0 Å². The maximum atomic E-state index is 12.4. The van der Waals surface area contributed by atoms with Crippen molar-refractivity contribution in [3.63, 3.8) is 0 Å². The second-order valence-electron chi connectivity index (χ2n) is 5.11. The van der Waals surface area contributed by atoms with Crippen LogP contribution in [-0.4, -0.2) is 31.9 Å². The summed E-state index contributed by atoms with van der Waals surface area (Å²) in [6.07, 6.45) is 0. The van der Waals surface area contributed by atoms with Gasteiger partial charge in [0.1, 0.15) is 15.6 Å². The third-order valence-electron chi connectivity index (χ3n) is 2.54. The molecule has 0 aromatic carbocycles. The maximum absolute atomic E-state index is 12.4. The van der Waals surface area contributed by atoms with Gasteiger partial charge in [-0.3, -0.25) is 0 Å². The van der Waals surface area contributed by atoms with Crippen LogP contribution in [0.5, 0.6) is 5.75 Å². The Hall–Kier alpha value is -0.460. The fourth-order valence-electron chi connectivity index (χ4n) is 1.56. The van der Waals surface area contributed by atoms with Gasteiger partial charge in [0.15, 0.2) is 5.75 Å². The fourth-order valence-corrected chi connectivity index (χ4v) is 3.34. The Kier molecular flexibility index (Phi) is 5.95. The largest absolute Gasteiger partial charge is 0.494 e. The molecule has 108 valence electrons. The molecule has 0 amide bonds. The number of hydrogen-bond acceptors (Lipinski definition) is 3. The van der Waals surface area contributed by atoms with E-state index in [1.807, 2.05) is 44.1 Å². The van der Waals surface area contributed by atoms with E-state index < -0.39 is 11.0 Å². The molecule has 0 saturated carbocycles. The van der Waals surface area contributed by atoms with Gasteiger partial charge in [-0.1, -0.05) is 6.92 Å². The second kappa shape index (κ2) is 6.81. The lowest BCUT2D eigenvalue weighted by molar-refractivity contribution is 0.406. The summed E-state index contributed by atoms with van der Waals surface area (Å²) >= 11 is 3.37. The molecule has 0 radical (unpaired) electrons. The van der Waals surface area contributed by atoms with Gasteiger partial charge in [0, 0.05) is 6.54 Å². The van der Waals surface area contributed by atoms with E-state index in [0.717, 1.165) is 12.2 Å². The number of rotatable bonds is 5. The van der Waals surface area contributed by atoms with Gasteiger partial charge in [0.2, 0.25) is 0 Å². The van der Waals surface area contributed by atoms with Crippen LogP contribution < -0.4 is 4.74 Å². The van der Waals surface area contributed by atoms with E-state index in [1.54, 1.807) is 7.11 Å². The molecule has 1 aromatic heterocycles. The average Bonchev–Trinajstić information content (AvgIpc) is 2.34. The lowest BCUT2D eigenvalue weighted by Crippen LogP contribution is -2.37. The Morgan fingerprint density at radius 3 is 2.47 bits per heavy atom. The second-order valence-corrected chi connectivity index (χ2v) is 8.10. The van der Waals surface area contributed by atoms with Gasteiger partial charge in [0.25, 0.3) is 0 Å². The first-order chi connectivity index (χ1) is 8.79. The molecule has 1 aromatic rings. The van der Waals surface area contributed by atoms with Crippen molar-refractivity contribution >= 4 is 26.9 Å². The van der Waals surface area contributed by atoms with Gasteiger partial charge in [-0.2, -0.15) is 0 Å². The highest BCUT2D eigenvalue weighted by Gasteiger charge is 2.25. The minimum atomic E-state index is -1.04. The molecular weight excluding hydrogens is 328 g/mol. The van der Waals surface area contributed by atoms with E-state index in [0.29, 0.717) is 16.9 Å². The topological polar surface area (TPSA) is 42.4 Å². The molecule has 1 atom stereocenters. The van der Waals surface area contributed by atoms with Gasteiger partial charge < -0.3 is 4.74 Å². The third-order valence-corrected chi connectivity index (χ3v) is 5.01. The summed E-state index contributed by atoms with van der Waals surface area (Å²) in [5, 5.41) is 0. The third kappa shape index (κ3) is 4.54. The van der Waals surface area contributed by atoms with Crippen LogP contribution in [-0.2, 0) is 17.5 Å². The molecule has 19 heavy (non-hydrogen) atoms. The van der Waals surface area contributed by atoms with Crippen LogP contribution >= 0.6 is 15.9 Å². The predicted octanol–water partition coefficient (Wildman–Crippen LogP) is 3.14. The predicted molar refractivity (Wildman–Crippen MR) is 82.5 cm³/mol. The zero-order valence-corrected chi connectivity index (χ0v) is 14.5. The number of hydrogen-bond donors (Lipinski definition) is 0. The number of halogens is 1. The van der Waals surface area contributed by atoms with E-state index >= 15 is 0 Å². The summed E-state index contributed by atoms with van der Waals surface area (Å²) in [4.78, 5) is 4.41. The van der Waals surface area contributed by atoms with Crippen molar-refractivity contribution in [1.29, 1.82) is 0 Å². The summed E-state index contributed by atoms with van der Waals surface area (Å²) in [5.41, 5.74) is 0.868.